The molecule has 1 heterocycles. The van der Waals surface area contributed by atoms with Crippen LogP contribution in [0.4, 0.5) is 5.69 Å². The molecule has 11 heteroatoms. The first-order chi connectivity index (χ1) is 16.2. The Hall–Kier alpha value is -2.76. The van der Waals surface area contributed by atoms with Crippen LogP contribution in [0.2, 0.25) is 5.02 Å². The Morgan fingerprint density at radius 2 is 1.29 bits per heavy atom. The van der Waals surface area contributed by atoms with Crippen LogP contribution in [0.15, 0.2) is 94.7 Å². The largest absolute Gasteiger partial charge is 0.325 e. The number of sulfonamides is 2. The fraction of sp³-hybridized carbons (Fsp3) is 0.174. The molecule has 178 valence electrons. The molecule has 3 aromatic carbocycles. The molecule has 1 saturated heterocycles. The predicted octanol–water partition coefficient (Wildman–Crippen LogP) is 3.04. The van der Waals surface area contributed by atoms with Gasteiger partial charge in [-0.15, -0.1) is 0 Å². The zero-order valence-corrected chi connectivity index (χ0v) is 20.3. The average molecular weight is 520 g/mol. The molecule has 0 aliphatic carbocycles. The molecule has 3 aromatic rings. The summed E-state index contributed by atoms with van der Waals surface area (Å²) in [6.45, 7) is -0.598. The summed E-state index contributed by atoms with van der Waals surface area (Å²) in [4.78, 5) is 13.4. The van der Waals surface area contributed by atoms with Crippen molar-refractivity contribution in [3.63, 3.8) is 0 Å². The van der Waals surface area contributed by atoms with E-state index in [0.29, 0.717) is 10.7 Å². The van der Waals surface area contributed by atoms with Crippen molar-refractivity contribution in [3.8, 4) is 0 Å². The zero-order chi connectivity index (χ0) is 24.3. The number of carbonyl (C=O) groups excluding carboxylic acids is 1. The molecule has 0 saturated carbocycles. The fourth-order valence-electron chi connectivity index (χ4n) is 3.69. The number of benzene rings is 3. The number of piperazine rings is 1. The van der Waals surface area contributed by atoms with Crippen LogP contribution in [0.5, 0.6) is 0 Å². The maximum Gasteiger partial charge on any atom is 0.244 e. The number of rotatable bonds is 6. The van der Waals surface area contributed by atoms with Gasteiger partial charge in [0.25, 0.3) is 0 Å². The van der Waals surface area contributed by atoms with Gasteiger partial charge in [0.1, 0.15) is 6.04 Å². The van der Waals surface area contributed by atoms with Gasteiger partial charge in [0.2, 0.25) is 26.0 Å². The van der Waals surface area contributed by atoms with Gasteiger partial charge in [-0.2, -0.15) is 8.61 Å². The van der Waals surface area contributed by atoms with E-state index in [2.05, 4.69) is 5.32 Å². The summed E-state index contributed by atoms with van der Waals surface area (Å²) in [6.07, 6.45) is 0. The van der Waals surface area contributed by atoms with Gasteiger partial charge in [-0.25, -0.2) is 16.8 Å². The van der Waals surface area contributed by atoms with Crippen LogP contribution in [0.3, 0.4) is 0 Å². The van der Waals surface area contributed by atoms with Gasteiger partial charge in [-0.1, -0.05) is 48.0 Å². The topological polar surface area (TPSA) is 104 Å². The molecule has 1 atom stereocenters. The van der Waals surface area contributed by atoms with E-state index < -0.39 is 32.0 Å². The van der Waals surface area contributed by atoms with E-state index in [-0.39, 0.29) is 29.4 Å². The van der Waals surface area contributed by atoms with Crippen molar-refractivity contribution < 1.29 is 21.6 Å². The van der Waals surface area contributed by atoms with Gasteiger partial charge in [-0.05, 0) is 48.5 Å². The van der Waals surface area contributed by atoms with Crippen LogP contribution >= 0.6 is 11.6 Å². The molecule has 1 fully saturated rings. The van der Waals surface area contributed by atoms with Crippen molar-refractivity contribution in [3.05, 3.63) is 90.0 Å². The van der Waals surface area contributed by atoms with Crippen LogP contribution < -0.4 is 5.32 Å². The minimum Gasteiger partial charge on any atom is -0.325 e. The van der Waals surface area contributed by atoms with Crippen molar-refractivity contribution in [2.75, 3.05) is 25.0 Å². The minimum atomic E-state index is -4.06. The SMILES string of the molecule is O=C(Nc1ccc(Cl)cc1)C1CN(S(=O)(=O)c2ccccc2)CCN1S(=O)(=O)c1ccccc1. The van der Waals surface area contributed by atoms with Crippen LogP contribution in [0, 0.1) is 0 Å². The Bertz CT molecular complexity index is 1370. The van der Waals surface area contributed by atoms with Crippen LogP contribution in [-0.4, -0.2) is 57.0 Å². The number of nitrogens with one attached hydrogen (secondary N) is 1. The molecule has 0 radical (unpaired) electrons. The lowest BCUT2D eigenvalue weighted by atomic mass is 10.2. The third-order valence-corrected chi connectivity index (χ3v) is 9.49. The molecule has 0 aromatic heterocycles. The molecule has 8 nitrogen and oxygen atoms in total. The maximum atomic E-state index is 13.4. The summed E-state index contributed by atoms with van der Waals surface area (Å²) >= 11 is 5.90. The van der Waals surface area contributed by atoms with Crippen LogP contribution in [-0.2, 0) is 24.8 Å². The standard InChI is InChI=1S/C23H22ClN3O5S2/c24-18-11-13-19(14-12-18)25-23(28)22-17-26(33(29,30)20-7-3-1-4-8-20)15-16-27(22)34(31,32)21-9-5-2-6-10-21/h1-14,22H,15-17H2,(H,25,28). The van der Waals surface area contributed by atoms with Crippen molar-refractivity contribution >= 4 is 43.2 Å². The van der Waals surface area contributed by atoms with E-state index in [4.69, 9.17) is 11.6 Å². The third-order valence-electron chi connectivity index (χ3n) is 5.44. The lowest BCUT2D eigenvalue weighted by Gasteiger charge is -2.38. The highest BCUT2D eigenvalue weighted by molar-refractivity contribution is 7.89. The molecule has 34 heavy (non-hydrogen) atoms. The van der Waals surface area contributed by atoms with Gasteiger partial charge in [-0.3, -0.25) is 4.79 Å². The molecule has 1 aliphatic rings. The average Bonchev–Trinajstić information content (AvgIpc) is 2.86. The van der Waals surface area contributed by atoms with Crippen molar-refractivity contribution in [1.29, 1.82) is 0 Å². The molecule has 1 N–H and O–H groups in total. The minimum absolute atomic E-state index is 0.0265. The maximum absolute atomic E-state index is 13.4. The van der Waals surface area contributed by atoms with E-state index in [0.717, 1.165) is 8.61 Å². The number of carbonyl (C=O) groups is 1. The quantitative estimate of drug-likeness (QED) is 0.539. The van der Waals surface area contributed by atoms with Gasteiger partial charge in [0, 0.05) is 30.3 Å². The van der Waals surface area contributed by atoms with E-state index in [9.17, 15) is 21.6 Å². The van der Waals surface area contributed by atoms with E-state index in [1.54, 1.807) is 60.7 Å². The molecular formula is C23H22ClN3O5S2. The fourth-order valence-corrected chi connectivity index (χ4v) is 6.87. The van der Waals surface area contributed by atoms with Gasteiger partial charge >= 0.3 is 0 Å². The van der Waals surface area contributed by atoms with E-state index in [1.165, 1.54) is 24.3 Å². The first kappa shape index (κ1) is 24.4. The molecular weight excluding hydrogens is 498 g/mol. The molecule has 4 rings (SSSR count). The van der Waals surface area contributed by atoms with Crippen molar-refractivity contribution in [2.24, 2.45) is 0 Å². The Morgan fingerprint density at radius 1 is 0.765 bits per heavy atom. The van der Waals surface area contributed by atoms with Crippen LogP contribution in [0.25, 0.3) is 0 Å². The number of anilines is 1. The summed E-state index contributed by atoms with van der Waals surface area (Å²) in [5, 5.41) is 3.15. The van der Waals surface area contributed by atoms with Crippen molar-refractivity contribution in [2.45, 2.75) is 15.8 Å². The highest BCUT2D eigenvalue weighted by atomic mass is 35.5. The number of nitrogens with zero attached hydrogens (tertiary/aromatic N) is 2. The molecule has 1 unspecified atom stereocenters. The normalized spacial score (nSPS) is 17.9. The van der Waals surface area contributed by atoms with Gasteiger partial charge in [0.05, 0.1) is 9.79 Å². The highest BCUT2D eigenvalue weighted by Crippen LogP contribution is 2.26. The number of hydrogen-bond donors (Lipinski definition) is 1. The van der Waals surface area contributed by atoms with Gasteiger partial charge in [0.15, 0.2) is 0 Å². The summed E-state index contributed by atoms with van der Waals surface area (Å²) in [6, 6.07) is 20.6. The van der Waals surface area contributed by atoms with Gasteiger partial charge < -0.3 is 5.32 Å². The smallest absolute Gasteiger partial charge is 0.244 e. The predicted molar refractivity (Wildman–Crippen MR) is 129 cm³/mol. The Morgan fingerprint density at radius 3 is 1.85 bits per heavy atom. The number of halogens is 1. The molecule has 1 aliphatic heterocycles. The lowest BCUT2D eigenvalue weighted by molar-refractivity contribution is -0.120. The van der Waals surface area contributed by atoms with Crippen molar-refractivity contribution in [1.82, 2.24) is 8.61 Å². The first-order valence-electron chi connectivity index (χ1n) is 10.4. The first-order valence-corrected chi connectivity index (χ1v) is 13.6. The second kappa shape index (κ2) is 9.85. The molecule has 0 spiro atoms. The molecule has 1 amide bonds. The second-order valence-corrected chi connectivity index (χ2v) is 11.9. The number of hydrogen-bond acceptors (Lipinski definition) is 5. The third kappa shape index (κ3) is 5.01. The van der Waals surface area contributed by atoms with E-state index >= 15 is 0 Å². The Labute approximate surface area is 203 Å². The molecule has 0 bridgehead atoms. The summed E-state index contributed by atoms with van der Waals surface area (Å²) in [5.41, 5.74) is 0.412. The second-order valence-electron chi connectivity index (χ2n) is 7.62. The summed E-state index contributed by atoms with van der Waals surface area (Å²) in [7, 11) is -7.98. The lowest BCUT2D eigenvalue weighted by Crippen LogP contribution is -2.60. The summed E-state index contributed by atoms with van der Waals surface area (Å²) < 4.78 is 55.4. The summed E-state index contributed by atoms with van der Waals surface area (Å²) in [5.74, 6) is -0.644. The highest BCUT2D eigenvalue weighted by Gasteiger charge is 2.43. The van der Waals surface area contributed by atoms with Crippen LogP contribution in [0.1, 0.15) is 0 Å². The monoisotopic (exact) mass is 519 g/mol. The Balaban J connectivity index is 1.68. The Kier molecular flexibility index (Phi) is 7.06. The van der Waals surface area contributed by atoms with E-state index in [1.807, 2.05) is 0 Å². The zero-order valence-electron chi connectivity index (χ0n) is 17.9. The number of amides is 1.